The standard InChI is InChI=1S/C19H21NO4/c1-24-19-7-12-5-16-15-8-17(22)14(10-21)4-11(15)2-3-20(16)9-13(12)6-18(19)23/h4,6-8,16,21-23H,2-3,5,9-10H2,1H3. The number of hydrogen-bond acceptors (Lipinski definition) is 5. The number of hydrogen-bond donors (Lipinski definition) is 3. The molecule has 3 N–H and O–H groups in total. The normalized spacial score (nSPS) is 19.3. The first-order valence-electron chi connectivity index (χ1n) is 8.19. The van der Waals surface area contributed by atoms with Gasteiger partial charge in [0, 0.05) is 24.7 Å². The Morgan fingerprint density at radius 3 is 2.67 bits per heavy atom. The molecule has 2 aromatic carbocycles. The molecule has 0 amide bonds. The Morgan fingerprint density at radius 1 is 1.08 bits per heavy atom. The summed E-state index contributed by atoms with van der Waals surface area (Å²) in [6.07, 6.45) is 1.72. The van der Waals surface area contributed by atoms with Gasteiger partial charge in [0.2, 0.25) is 0 Å². The molecule has 2 aromatic rings. The van der Waals surface area contributed by atoms with Crippen LogP contribution in [0.3, 0.4) is 0 Å². The molecule has 0 saturated carbocycles. The zero-order valence-corrected chi connectivity index (χ0v) is 13.6. The van der Waals surface area contributed by atoms with Crippen LogP contribution in [0.5, 0.6) is 17.2 Å². The zero-order chi connectivity index (χ0) is 16.8. The number of benzene rings is 2. The number of phenolic OH excluding ortho intramolecular Hbond substituents is 1. The topological polar surface area (TPSA) is 73.2 Å². The summed E-state index contributed by atoms with van der Waals surface area (Å²) < 4.78 is 5.23. The highest BCUT2D eigenvalue weighted by molar-refractivity contribution is 5.50. The number of aliphatic hydroxyl groups is 1. The van der Waals surface area contributed by atoms with Crippen molar-refractivity contribution in [3.05, 3.63) is 52.1 Å². The van der Waals surface area contributed by atoms with E-state index in [0.717, 1.165) is 37.1 Å². The van der Waals surface area contributed by atoms with Gasteiger partial charge < -0.3 is 20.1 Å². The summed E-state index contributed by atoms with van der Waals surface area (Å²) in [5, 5.41) is 29.5. The van der Waals surface area contributed by atoms with Crippen LogP contribution in [0.25, 0.3) is 0 Å². The van der Waals surface area contributed by atoms with Crippen molar-refractivity contribution in [3.8, 4) is 17.2 Å². The maximum absolute atomic E-state index is 10.1. The van der Waals surface area contributed by atoms with Gasteiger partial charge in [-0.05, 0) is 59.4 Å². The summed E-state index contributed by atoms with van der Waals surface area (Å²) in [5.74, 6) is 0.834. The van der Waals surface area contributed by atoms with E-state index >= 15 is 0 Å². The first-order chi connectivity index (χ1) is 11.6. The van der Waals surface area contributed by atoms with E-state index in [9.17, 15) is 15.3 Å². The van der Waals surface area contributed by atoms with Crippen molar-refractivity contribution in [3.63, 3.8) is 0 Å². The molecule has 1 unspecified atom stereocenters. The van der Waals surface area contributed by atoms with E-state index in [1.54, 1.807) is 19.2 Å². The first kappa shape index (κ1) is 15.3. The zero-order valence-electron chi connectivity index (χ0n) is 13.6. The molecular weight excluding hydrogens is 306 g/mol. The van der Waals surface area contributed by atoms with Gasteiger partial charge >= 0.3 is 0 Å². The maximum atomic E-state index is 10.1. The minimum absolute atomic E-state index is 0.146. The van der Waals surface area contributed by atoms with Crippen molar-refractivity contribution in [2.24, 2.45) is 0 Å². The van der Waals surface area contributed by atoms with E-state index < -0.39 is 0 Å². The predicted molar refractivity (Wildman–Crippen MR) is 89.2 cm³/mol. The minimum atomic E-state index is -0.146. The summed E-state index contributed by atoms with van der Waals surface area (Å²) in [6.45, 7) is 1.56. The van der Waals surface area contributed by atoms with Crippen molar-refractivity contribution in [1.82, 2.24) is 4.90 Å². The molecule has 0 saturated heterocycles. The number of aromatic hydroxyl groups is 2. The summed E-state index contributed by atoms with van der Waals surface area (Å²) in [7, 11) is 1.56. The lowest BCUT2D eigenvalue weighted by Gasteiger charge is -2.41. The molecule has 5 heteroatoms. The average Bonchev–Trinajstić information content (AvgIpc) is 2.59. The highest BCUT2D eigenvalue weighted by Crippen LogP contribution is 2.42. The molecule has 0 radical (unpaired) electrons. The number of methoxy groups -OCH3 is 1. The molecule has 2 aliphatic heterocycles. The summed E-state index contributed by atoms with van der Waals surface area (Å²) in [5.41, 5.74) is 5.22. The van der Waals surface area contributed by atoms with Gasteiger partial charge in [0.1, 0.15) is 5.75 Å². The van der Waals surface area contributed by atoms with Crippen LogP contribution in [-0.2, 0) is 26.0 Å². The third-order valence-corrected chi connectivity index (χ3v) is 5.27. The molecule has 4 rings (SSSR count). The minimum Gasteiger partial charge on any atom is -0.508 e. The summed E-state index contributed by atoms with van der Waals surface area (Å²) in [4.78, 5) is 2.38. The van der Waals surface area contributed by atoms with Crippen LogP contribution in [-0.4, -0.2) is 33.9 Å². The Hall–Kier alpha value is -2.24. The van der Waals surface area contributed by atoms with E-state index in [1.807, 2.05) is 12.1 Å². The van der Waals surface area contributed by atoms with Crippen LogP contribution < -0.4 is 4.74 Å². The van der Waals surface area contributed by atoms with Gasteiger partial charge in [-0.3, -0.25) is 4.90 Å². The van der Waals surface area contributed by atoms with Crippen molar-refractivity contribution in [2.75, 3.05) is 13.7 Å². The first-order valence-corrected chi connectivity index (χ1v) is 8.19. The second kappa shape index (κ2) is 5.69. The summed E-state index contributed by atoms with van der Waals surface area (Å²) >= 11 is 0. The Bertz CT molecular complexity index is 802. The van der Waals surface area contributed by atoms with Gasteiger partial charge in [-0.2, -0.15) is 0 Å². The van der Waals surface area contributed by atoms with Crippen molar-refractivity contribution < 1.29 is 20.1 Å². The van der Waals surface area contributed by atoms with Crippen LogP contribution in [0.15, 0.2) is 24.3 Å². The maximum Gasteiger partial charge on any atom is 0.160 e. The largest absolute Gasteiger partial charge is 0.508 e. The van der Waals surface area contributed by atoms with Crippen molar-refractivity contribution in [1.29, 1.82) is 0 Å². The second-order valence-electron chi connectivity index (χ2n) is 6.57. The predicted octanol–water partition coefficient (Wildman–Crippen LogP) is 2.25. The van der Waals surface area contributed by atoms with E-state index in [4.69, 9.17) is 4.74 Å². The van der Waals surface area contributed by atoms with E-state index in [0.29, 0.717) is 11.3 Å². The van der Waals surface area contributed by atoms with Crippen LogP contribution in [0.2, 0.25) is 0 Å². The molecule has 1 atom stereocenters. The Morgan fingerprint density at radius 2 is 1.92 bits per heavy atom. The lowest BCUT2D eigenvalue weighted by Crippen LogP contribution is -2.39. The fraction of sp³-hybridized carbons (Fsp3) is 0.368. The Labute approximate surface area is 140 Å². The number of aliphatic hydroxyl groups excluding tert-OH is 1. The molecule has 0 spiro atoms. The number of rotatable bonds is 2. The SMILES string of the molecule is COc1cc2c(cc1O)CN1CCc3cc(CO)c(O)cc3C1C2. The van der Waals surface area contributed by atoms with E-state index in [1.165, 1.54) is 11.1 Å². The molecular formula is C19H21NO4. The lowest BCUT2D eigenvalue weighted by atomic mass is 9.83. The molecule has 0 fully saturated rings. The number of fused-ring (bicyclic) bond motifs is 4. The highest BCUT2D eigenvalue weighted by Gasteiger charge is 2.33. The molecule has 24 heavy (non-hydrogen) atoms. The quantitative estimate of drug-likeness (QED) is 0.789. The summed E-state index contributed by atoms with van der Waals surface area (Å²) in [6, 6.07) is 7.65. The van der Waals surface area contributed by atoms with Gasteiger partial charge in [-0.1, -0.05) is 0 Å². The fourth-order valence-electron chi connectivity index (χ4n) is 3.98. The molecule has 0 aliphatic carbocycles. The average molecular weight is 327 g/mol. The molecule has 0 aromatic heterocycles. The van der Waals surface area contributed by atoms with Crippen molar-refractivity contribution in [2.45, 2.75) is 32.0 Å². The third-order valence-electron chi connectivity index (χ3n) is 5.27. The number of nitrogens with zero attached hydrogens (tertiary/aromatic N) is 1. The molecule has 0 bridgehead atoms. The highest BCUT2D eigenvalue weighted by atomic mass is 16.5. The van der Waals surface area contributed by atoms with E-state index in [-0.39, 0.29) is 24.1 Å². The van der Waals surface area contributed by atoms with Gasteiger partial charge in [-0.15, -0.1) is 0 Å². The smallest absolute Gasteiger partial charge is 0.160 e. The lowest BCUT2D eigenvalue weighted by molar-refractivity contribution is 0.160. The van der Waals surface area contributed by atoms with E-state index in [2.05, 4.69) is 4.90 Å². The second-order valence-corrected chi connectivity index (χ2v) is 6.57. The van der Waals surface area contributed by atoms with Gasteiger partial charge in [0.15, 0.2) is 11.5 Å². The Balaban J connectivity index is 1.75. The monoisotopic (exact) mass is 327 g/mol. The van der Waals surface area contributed by atoms with Crippen LogP contribution in [0, 0.1) is 0 Å². The van der Waals surface area contributed by atoms with Gasteiger partial charge in [0.25, 0.3) is 0 Å². The molecule has 5 nitrogen and oxygen atoms in total. The molecule has 126 valence electrons. The van der Waals surface area contributed by atoms with Gasteiger partial charge in [-0.25, -0.2) is 0 Å². The van der Waals surface area contributed by atoms with Crippen LogP contribution in [0.1, 0.15) is 33.9 Å². The molecule has 2 aliphatic rings. The fourth-order valence-corrected chi connectivity index (χ4v) is 3.98. The number of ether oxygens (including phenoxy) is 1. The van der Waals surface area contributed by atoms with Crippen LogP contribution in [0.4, 0.5) is 0 Å². The third kappa shape index (κ3) is 2.32. The Kier molecular flexibility index (Phi) is 3.62. The van der Waals surface area contributed by atoms with Crippen molar-refractivity contribution >= 4 is 0 Å². The molecule has 2 heterocycles. The van der Waals surface area contributed by atoms with Gasteiger partial charge in [0.05, 0.1) is 13.7 Å². The van der Waals surface area contributed by atoms with Crippen LogP contribution >= 0.6 is 0 Å². The number of phenols is 2.